The molecule has 0 heterocycles. The number of aliphatic imine (C=N–C) groups is 1. The number of carbonyl (C=O) groups is 10. The number of aliphatic carboxylic acids is 7. The highest BCUT2D eigenvalue weighted by Gasteiger charge is 2.27. The SMILES string of the molecule is CCOCCC(NN[C@@H](CC1CCCCC1)C(=O)O)C(=O)O.COc1cccc(CNCC(=O)OC[C@@H](N)C(=O)O)c1OC.NC(N)=NCCC[C@@H](N)C(=O)OC(=O)C[C@H](N)C(=O)O.N[C@@H](Cc1ccccc1)C(=O)O.N[C@H](Cc1ccccc1)C(=O)O.O=C(O)CNCc1ccccc1. The molecule has 34 nitrogen and oxygen atoms in total. The van der Waals surface area contributed by atoms with E-state index in [9.17, 15) is 53.1 Å². The summed E-state index contributed by atoms with van der Waals surface area (Å²) < 4.78 is 24.7. The number of hydrogen-bond donors (Lipinski definition) is 18. The van der Waals surface area contributed by atoms with Gasteiger partial charge in [0.25, 0.3) is 0 Å². The molecule has 0 saturated heterocycles. The summed E-state index contributed by atoms with van der Waals surface area (Å²) in [7, 11) is 3.07. The van der Waals surface area contributed by atoms with Gasteiger partial charge in [-0.2, -0.15) is 0 Å². The number of nitrogens with two attached hydrogens (primary N) is 7. The van der Waals surface area contributed by atoms with Crippen LogP contribution in [0.25, 0.3) is 0 Å². The van der Waals surface area contributed by atoms with Crippen molar-refractivity contribution in [3.63, 3.8) is 0 Å². The number of carboxylic acids is 7. The number of carboxylic acid groups (broad SMARTS) is 7. The summed E-state index contributed by atoms with van der Waals surface area (Å²) in [5.74, 6) is -8.37. The van der Waals surface area contributed by atoms with Crippen LogP contribution in [0.2, 0.25) is 0 Å². The summed E-state index contributed by atoms with van der Waals surface area (Å²) in [5, 5.41) is 66.5. The average molecular weight is 1410 g/mol. The molecule has 4 aromatic rings. The number of para-hydroxylation sites is 1. The standard InChI is InChI=1S/C15H28N2O5.C14H20N2O6.C10H19N5O5.3C9H11NO2/c1-2-22-9-8-12(14(18)19)16-17-13(15(20)21)10-11-6-4-3-5-7-11;1-20-11-5-3-4-9(13(11)21-2)6-16-7-12(17)22-8-10(15)14(18)19;11-5(2-1-3-15-10(13)14)9(19)20-7(16)4-6(12)8(17)18;11-9(12)7-10-6-8-4-2-1-3-5-8;2*10-8(9(11)12)6-7-4-2-1-3-5-7/h11-13,16-17H,2-10H2,1H3,(H,18,19)(H,20,21);3-5,10,16H,6-8,15H2,1-2H3,(H,18,19);5-6H,1-4,11-12H2,(H,17,18)(H4,13,14,15);1-5,10H,6-7H2,(H,11,12);2*1-5,8H,6,10H2,(H,11,12)/t12?,13-;10-;5-,6+;;2*8-/m011.10/s1. The first kappa shape index (κ1) is 90.2. The molecule has 4 aromatic carbocycles. The fourth-order valence-electron chi connectivity index (χ4n) is 8.43. The third-order valence-corrected chi connectivity index (χ3v) is 13.8. The molecule has 0 bridgehead atoms. The first-order valence-corrected chi connectivity index (χ1v) is 31.6. The van der Waals surface area contributed by atoms with E-state index in [1.54, 1.807) is 6.07 Å². The van der Waals surface area contributed by atoms with Gasteiger partial charge in [0.05, 0.1) is 33.7 Å². The zero-order valence-electron chi connectivity index (χ0n) is 56.4. The van der Waals surface area contributed by atoms with Crippen LogP contribution < -0.4 is 71.1 Å². The van der Waals surface area contributed by atoms with E-state index in [1.807, 2.05) is 110 Å². The van der Waals surface area contributed by atoms with Crippen LogP contribution in [0.4, 0.5) is 0 Å². The van der Waals surface area contributed by atoms with E-state index in [2.05, 4.69) is 31.2 Å². The topological polar surface area (TPSA) is 601 Å². The Morgan fingerprint density at radius 3 is 1.50 bits per heavy atom. The van der Waals surface area contributed by atoms with E-state index >= 15 is 0 Å². The third-order valence-electron chi connectivity index (χ3n) is 13.8. The molecule has 34 heteroatoms. The maximum absolute atomic E-state index is 11.4. The van der Waals surface area contributed by atoms with Crippen molar-refractivity contribution in [2.45, 2.75) is 139 Å². The van der Waals surface area contributed by atoms with Gasteiger partial charge in [-0.05, 0) is 74.1 Å². The van der Waals surface area contributed by atoms with Crippen molar-refractivity contribution in [3.8, 4) is 11.5 Å². The van der Waals surface area contributed by atoms with Gasteiger partial charge in [0, 0.05) is 38.4 Å². The maximum atomic E-state index is 11.4. The van der Waals surface area contributed by atoms with Gasteiger partial charge in [-0.15, -0.1) is 0 Å². The van der Waals surface area contributed by atoms with Gasteiger partial charge < -0.3 is 110 Å². The Morgan fingerprint density at radius 2 is 1.04 bits per heavy atom. The number of esters is 3. The Balaban J connectivity index is 0.00000120. The second kappa shape index (κ2) is 54.2. The van der Waals surface area contributed by atoms with Crippen LogP contribution in [0.5, 0.6) is 11.5 Å². The smallest absolute Gasteiger partial charge is 0.330 e. The molecule has 100 heavy (non-hydrogen) atoms. The van der Waals surface area contributed by atoms with Gasteiger partial charge in [0.15, 0.2) is 17.5 Å². The van der Waals surface area contributed by atoms with Crippen LogP contribution in [0.15, 0.2) is 114 Å². The number of methoxy groups -OCH3 is 2. The maximum Gasteiger partial charge on any atom is 0.330 e. The minimum atomic E-state index is -1.42. The average Bonchev–Trinajstić information content (AvgIpc) is 0.865. The minimum Gasteiger partial charge on any atom is -0.493 e. The van der Waals surface area contributed by atoms with Gasteiger partial charge in [-0.25, -0.2) is 15.6 Å². The van der Waals surface area contributed by atoms with Crippen LogP contribution in [0, 0.1) is 5.92 Å². The number of benzene rings is 4. The summed E-state index contributed by atoms with van der Waals surface area (Å²) in [6.45, 7) is 3.52. The van der Waals surface area contributed by atoms with E-state index in [0.29, 0.717) is 75.9 Å². The van der Waals surface area contributed by atoms with Crippen molar-refractivity contribution < 1.29 is 107 Å². The van der Waals surface area contributed by atoms with Gasteiger partial charge in [-0.1, -0.05) is 135 Å². The number of hydrogen-bond acceptors (Lipinski definition) is 25. The Bertz CT molecular complexity index is 3000. The first-order chi connectivity index (χ1) is 47.4. The fourth-order valence-corrected chi connectivity index (χ4v) is 8.43. The molecule has 1 aliphatic carbocycles. The molecule has 5 rings (SSSR count). The van der Waals surface area contributed by atoms with Crippen molar-refractivity contribution in [1.29, 1.82) is 0 Å². The zero-order valence-corrected chi connectivity index (χ0v) is 56.4. The largest absolute Gasteiger partial charge is 0.493 e. The number of nitrogens with zero attached hydrogens (tertiary/aromatic N) is 1. The van der Waals surface area contributed by atoms with Gasteiger partial charge in [0.2, 0.25) is 0 Å². The number of carbonyl (C=O) groups excluding carboxylic acids is 3. The van der Waals surface area contributed by atoms with E-state index in [-0.39, 0.29) is 38.5 Å². The number of hydrazine groups is 1. The summed E-state index contributed by atoms with van der Waals surface area (Å²) in [6.07, 6.45) is 7.24. The highest BCUT2D eigenvalue weighted by molar-refractivity contribution is 5.90. The molecule has 25 N–H and O–H groups in total. The highest BCUT2D eigenvalue weighted by atomic mass is 16.6. The molecule has 0 radical (unpaired) electrons. The lowest BCUT2D eigenvalue weighted by atomic mass is 9.85. The number of nitrogens with one attached hydrogen (secondary N) is 4. The molecule has 0 aromatic heterocycles. The van der Waals surface area contributed by atoms with Crippen molar-refractivity contribution in [2.24, 2.45) is 51.0 Å². The third kappa shape index (κ3) is 45.0. The summed E-state index contributed by atoms with van der Waals surface area (Å²) in [6, 6.07) is 26.9. The van der Waals surface area contributed by atoms with E-state index in [1.165, 1.54) is 20.6 Å². The summed E-state index contributed by atoms with van der Waals surface area (Å²) in [4.78, 5) is 112. The van der Waals surface area contributed by atoms with E-state index in [4.69, 9.17) is 89.7 Å². The van der Waals surface area contributed by atoms with E-state index in [0.717, 1.165) is 47.9 Å². The molecule has 0 aliphatic heterocycles. The molecule has 1 saturated carbocycles. The zero-order chi connectivity index (χ0) is 75.4. The van der Waals surface area contributed by atoms with Crippen LogP contribution in [0.3, 0.4) is 0 Å². The Kier molecular flexibility index (Phi) is 48.9. The first-order valence-electron chi connectivity index (χ1n) is 31.6. The van der Waals surface area contributed by atoms with Gasteiger partial charge in [-0.3, -0.25) is 48.1 Å². The Hall–Kier alpha value is -9.75. The second-order valence-corrected chi connectivity index (χ2v) is 21.9. The minimum absolute atomic E-state index is 0.00882. The van der Waals surface area contributed by atoms with Crippen LogP contribution >= 0.6 is 0 Å². The predicted molar refractivity (Wildman–Crippen MR) is 366 cm³/mol. The molecule has 1 aliphatic rings. The Morgan fingerprint density at radius 1 is 0.540 bits per heavy atom. The van der Waals surface area contributed by atoms with E-state index < -0.39 is 108 Å². The molecule has 7 atom stereocenters. The molecule has 556 valence electrons. The number of rotatable bonds is 38. The Labute approximate surface area is 579 Å². The summed E-state index contributed by atoms with van der Waals surface area (Å²) >= 11 is 0. The lowest BCUT2D eigenvalue weighted by Gasteiger charge is -2.26. The highest BCUT2D eigenvalue weighted by Crippen LogP contribution is 2.30. The monoisotopic (exact) mass is 1410 g/mol. The van der Waals surface area contributed by atoms with Crippen molar-refractivity contribution >= 4 is 65.7 Å². The molecule has 0 amide bonds. The molecule has 1 fully saturated rings. The van der Waals surface area contributed by atoms with Crippen LogP contribution in [-0.4, -0.2) is 197 Å². The second-order valence-electron chi connectivity index (χ2n) is 21.9. The fraction of sp³-hybridized carbons (Fsp3) is 0.470. The molecule has 1 unspecified atom stereocenters. The predicted octanol–water partition coefficient (Wildman–Crippen LogP) is 0.514. The van der Waals surface area contributed by atoms with Crippen LogP contribution in [-0.2, 0) is 88.1 Å². The van der Waals surface area contributed by atoms with Crippen LogP contribution in [0.1, 0.15) is 93.4 Å². The molecule has 0 spiro atoms. The quantitative estimate of drug-likeness (QED) is 0.00726. The number of guanidine groups is 1. The van der Waals surface area contributed by atoms with Crippen molar-refractivity contribution in [2.75, 3.05) is 53.7 Å². The molecular weight excluding hydrogens is 1310 g/mol. The normalized spacial score (nSPS) is 13.4. The van der Waals surface area contributed by atoms with Gasteiger partial charge in [0.1, 0.15) is 48.9 Å². The molecular formula is C66H100N12O22. The lowest BCUT2D eigenvalue weighted by Crippen LogP contribution is -2.53. The summed E-state index contributed by atoms with van der Waals surface area (Å²) in [5.41, 5.74) is 45.9. The lowest BCUT2D eigenvalue weighted by molar-refractivity contribution is -0.162. The van der Waals surface area contributed by atoms with Crippen molar-refractivity contribution in [1.82, 2.24) is 21.5 Å². The van der Waals surface area contributed by atoms with Gasteiger partial charge >= 0.3 is 59.7 Å². The van der Waals surface area contributed by atoms with Crippen molar-refractivity contribution in [3.05, 3.63) is 131 Å². The number of ether oxygens (including phenoxy) is 5.